The number of benzene rings is 2. The first-order chi connectivity index (χ1) is 11.2. The molecule has 1 aromatic heterocycles. The van der Waals surface area contributed by atoms with E-state index in [1.807, 2.05) is 47.8 Å². The molecule has 0 spiro atoms. The van der Waals surface area contributed by atoms with Gasteiger partial charge in [-0.15, -0.1) is 11.3 Å². The van der Waals surface area contributed by atoms with Gasteiger partial charge >= 0.3 is 0 Å². The van der Waals surface area contributed by atoms with Crippen LogP contribution in [0.25, 0.3) is 11.3 Å². The molecule has 1 N–H and O–H groups in total. The molecule has 0 saturated heterocycles. The van der Waals surface area contributed by atoms with Crippen molar-refractivity contribution < 1.29 is 9.53 Å². The van der Waals surface area contributed by atoms with E-state index in [0.29, 0.717) is 10.7 Å². The molecule has 1 heterocycles. The van der Waals surface area contributed by atoms with Crippen LogP contribution in [0.3, 0.4) is 0 Å². The lowest BCUT2D eigenvalue weighted by molar-refractivity contribution is 0.102. The van der Waals surface area contributed by atoms with Gasteiger partial charge in [0.2, 0.25) is 0 Å². The highest BCUT2D eigenvalue weighted by Crippen LogP contribution is 2.32. The fraction of sp³-hybridized carbons (Fsp3) is 0.0588. The lowest BCUT2D eigenvalue weighted by atomic mass is 10.1. The van der Waals surface area contributed by atoms with E-state index < -0.39 is 0 Å². The van der Waals surface area contributed by atoms with Gasteiger partial charge < -0.3 is 4.74 Å². The molecule has 2 aromatic carbocycles. The van der Waals surface area contributed by atoms with Crippen LogP contribution in [-0.4, -0.2) is 18.0 Å². The molecular weight excluding hydrogens is 376 g/mol. The number of ether oxygens (including phenoxy) is 1. The van der Waals surface area contributed by atoms with Crippen LogP contribution in [0.4, 0.5) is 5.13 Å². The van der Waals surface area contributed by atoms with E-state index in [9.17, 15) is 4.79 Å². The summed E-state index contributed by atoms with van der Waals surface area (Å²) in [6.45, 7) is 0. The number of methoxy groups -OCH3 is 1. The molecule has 4 nitrogen and oxygen atoms in total. The van der Waals surface area contributed by atoms with Crippen LogP contribution in [-0.2, 0) is 0 Å². The standard InChI is InChI=1S/C17H13BrN2O2S/c1-22-15-9-5-3-7-12(15)14-10-23-17(19-14)20-16(21)11-6-2-4-8-13(11)18/h2-10H,1H3,(H,19,20,21). The maximum atomic E-state index is 12.3. The Labute approximate surface area is 146 Å². The minimum Gasteiger partial charge on any atom is -0.496 e. The Morgan fingerprint density at radius 2 is 1.91 bits per heavy atom. The number of thiazole rings is 1. The Balaban J connectivity index is 1.83. The van der Waals surface area contributed by atoms with Crippen LogP contribution >= 0.6 is 27.3 Å². The summed E-state index contributed by atoms with van der Waals surface area (Å²) >= 11 is 4.76. The third-order valence-corrected chi connectivity index (χ3v) is 4.68. The van der Waals surface area contributed by atoms with Crippen LogP contribution in [0, 0.1) is 0 Å². The van der Waals surface area contributed by atoms with Crippen molar-refractivity contribution in [2.45, 2.75) is 0 Å². The molecule has 3 aromatic rings. The number of hydrogen-bond donors (Lipinski definition) is 1. The fourth-order valence-electron chi connectivity index (χ4n) is 2.12. The molecule has 0 aliphatic rings. The molecule has 0 radical (unpaired) electrons. The third-order valence-electron chi connectivity index (χ3n) is 3.23. The zero-order valence-corrected chi connectivity index (χ0v) is 14.6. The Kier molecular flexibility index (Phi) is 4.73. The number of amides is 1. The lowest BCUT2D eigenvalue weighted by Crippen LogP contribution is -2.12. The lowest BCUT2D eigenvalue weighted by Gasteiger charge is -2.05. The Hall–Kier alpha value is -2.18. The Morgan fingerprint density at radius 3 is 2.70 bits per heavy atom. The van der Waals surface area contributed by atoms with Crippen LogP contribution in [0.1, 0.15) is 10.4 Å². The zero-order chi connectivity index (χ0) is 16.2. The Morgan fingerprint density at radius 1 is 1.17 bits per heavy atom. The number of aromatic nitrogens is 1. The molecule has 1 amide bonds. The first kappa shape index (κ1) is 15.7. The number of nitrogens with zero attached hydrogens (tertiary/aromatic N) is 1. The third kappa shape index (κ3) is 3.43. The first-order valence-corrected chi connectivity index (χ1v) is 8.51. The molecule has 0 unspecified atom stereocenters. The predicted molar refractivity (Wildman–Crippen MR) is 96.2 cm³/mol. The van der Waals surface area contributed by atoms with E-state index in [1.165, 1.54) is 11.3 Å². The maximum absolute atomic E-state index is 12.3. The highest BCUT2D eigenvalue weighted by molar-refractivity contribution is 9.10. The summed E-state index contributed by atoms with van der Waals surface area (Å²) in [5, 5.41) is 5.27. The highest BCUT2D eigenvalue weighted by atomic mass is 79.9. The monoisotopic (exact) mass is 388 g/mol. The molecule has 0 fully saturated rings. The predicted octanol–water partition coefficient (Wildman–Crippen LogP) is 4.83. The summed E-state index contributed by atoms with van der Waals surface area (Å²) in [6, 6.07) is 14.9. The van der Waals surface area contributed by atoms with Gasteiger partial charge in [0.1, 0.15) is 5.75 Å². The minimum atomic E-state index is -0.196. The summed E-state index contributed by atoms with van der Waals surface area (Å²) in [5.41, 5.74) is 2.24. The second kappa shape index (κ2) is 6.93. The van der Waals surface area contributed by atoms with E-state index in [4.69, 9.17) is 4.74 Å². The van der Waals surface area contributed by atoms with E-state index in [2.05, 4.69) is 26.2 Å². The van der Waals surface area contributed by atoms with Crippen LogP contribution < -0.4 is 10.1 Å². The molecule has 0 aliphatic carbocycles. The van der Waals surface area contributed by atoms with Crippen molar-refractivity contribution in [3.05, 3.63) is 63.9 Å². The van der Waals surface area contributed by atoms with Gasteiger partial charge in [0.05, 0.1) is 18.4 Å². The normalized spacial score (nSPS) is 10.3. The molecule has 0 saturated carbocycles. The van der Waals surface area contributed by atoms with Crippen LogP contribution in [0.2, 0.25) is 0 Å². The van der Waals surface area contributed by atoms with Crippen molar-refractivity contribution in [3.8, 4) is 17.0 Å². The van der Waals surface area contributed by atoms with Gasteiger partial charge in [0.15, 0.2) is 5.13 Å². The maximum Gasteiger partial charge on any atom is 0.258 e. The smallest absolute Gasteiger partial charge is 0.258 e. The van der Waals surface area contributed by atoms with Crippen molar-refractivity contribution in [3.63, 3.8) is 0 Å². The van der Waals surface area contributed by atoms with E-state index in [0.717, 1.165) is 21.5 Å². The van der Waals surface area contributed by atoms with Gasteiger partial charge in [0, 0.05) is 15.4 Å². The first-order valence-electron chi connectivity index (χ1n) is 6.84. The summed E-state index contributed by atoms with van der Waals surface area (Å²) in [6.07, 6.45) is 0. The average molecular weight is 389 g/mol. The largest absolute Gasteiger partial charge is 0.496 e. The number of nitrogens with one attached hydrogen (secondary N) is 1. The molecule has 6 heteroatoms. The molecule has 0 atom stereocenters. The van der Waals surface area contributed by atoms with Crippen LogP contribution in [0.5, 0.6) is 5.75 Å². The summed E-state index contributed by atoms with van der Waals surface area (Å²) in [4.78, 5) is 16.8. The molecular formula is C17H13BrN2O2S. The fourth-order valence-corrected chi connectivity index (χ4v) is 3.29. The molecule has 116 valence electrons. The molecule has 23 heavy (non-hydrogen) atoms. The number of halogens is 1. The minimum absolute atomic E-state index is 0.196. The van der Waals surface area contributed by atoms with Gasteiger partial charge in [-0.05, 0) is 40.2 Å². The second-order valence-electron chi connectivity index (χ2n) is 4.67. The SMILES string of the molecule is COc1ccccc1-c1csc(NC(=O)c2ccccc2Br)n1. The van der Waals surface area contributed by atoms with Crippen molar-refractivity contribution in [2.24, 2.45) is 0 Å². The number of hydrogen-bond acceptors (Lipinski definition) is 4. The number of carbonyl (C=O) groups is 1. The second-order valence-corrected chi connectivity index (χ2v) is 6.38. The quantitative estimate of drug-likeness (QED) is 0.695. The Bertz CT molecular complexity index is 848. The number of rotatable bonds is 4. The van der Waals surface area contributed by atoms with Gasteiger partial charge in [-0.2, -0.15) is 0 Å². The van der Waals surface area contributed by atoms with Gasteiger partial charge in [-0.1, -0.05) is 24.3 Å². The number of para-hydroxylation sites is 1. The van der Waals surface area contributed by atoms with Crippen molar-refractivity contribution >= 4 is 38.3 Å². The van der Waals surface area contributed by atoms with Gasteiger partial charge in [-0.3, -0.25) is 10.1 Å². The van der Waals surface area contributed by atoms with E-state index >= 15 is 0 Å². The molecule has 0 bridgehead atoms. The van der Waals surface area contributed by atoms with Crippen molar-refractivity contribution in [1.82, 2.24) is 4.98 Å². The van der Waals surface area contributed by atoms with Gasteiger partial charge in [0.25, 0.3) is 5.91 Å². The average Bonchev–Trinajstić information content (AvgIpc) is 3.03. The summed E-state index contributed by atoms with van der Waals surface area (Å²) in [5.74, 6) is 0.555. The topological polar surface area (TPSA) is 51.2 Å². The summed E-state index contributed by atoms with van der Waals surface area (Å²) < 4.78 is 6.10. The number of carbonyl (C=O) groups excluding carboxylic acids is 1. The molecule has 0 aliphatic heterocycles. The van der Waals surface area contributed by atoms with E-state index in [1.54, 1.807) is 13.2 Å². The molecule has 3 rings (SSSR count). The van der Waals surface area contributed by atoms with Crippen molar-refractivity contribution in [1.29, 1.82) is 0 Å². The zero-order valence-electron chi connectivity index (χ0n) is 12.2. The van der Waals surface area contributed by atoms with Gasteiger partial charge in [-0.25, -0.2) is 4.98 Å². The van der Waals surface area contributed by atoms with Crippen molar-refractivity contribution in [2.75, 3.05) is 12.4 Å². The number of anilines is 1. The van der Waals surface area contributed by atoms with Crippen LogP contribution in [0.15, 0.2) is 58.4 Å². The highest BCUT2D eigenvalue weighted by Gasteiger charge is 2.13. The summed E-state index contributed by atoms with van der Waals surface area (Å²) in [7, 11) is 1.63. The van der Waals surface area contributed by atoms with E-state index in [-0.39, 0.29) is 5.91 Å².